The van der Waals surface area contributed by atoms with Crippen molar-refractivity contribution < 1.29 is 9.53 Å². The number of benzene rings is 1. The summed E-state index contributed by atoms with van der Waals surface area (Å²) < 4.78 is 5.25. The largest absolute Gasteiger partial charge is 0.380 e. The zero-order chi connectivity index (χ0) is 17.5. The van der Waals surface area contributed by atoms with E-state index in [1.165, 1.54) is 0 Å². The van der Waals surface area contributed by atoms with E-state index in [-0.39, 0.29) is 11.9 Å². The minimum Gasteiger partial charge on any atom is -0.380 e. The topological polar surface area (TPSA) is 83.1 Å². The van der Waals surface area contributed by atoms with Crippen LogP contribution in [0.5, 0.6) is 0 Å². The molecule has 7 heteroatoms. The highest BCUT2D eigenvalue weighted by Gasteiger charge is 2.27. The summed E-state index contributed by atoms with van der Waals surface area (Å²) >= 11 is 0. The first-order chi connectivity index (χ1) is 12.3. The van der Waals surface area contributed by atoms with Gasteiger partial charge < -0.3 is 15.0 Å². The van der Waals surface area contributed by atoms with E-state index < -0.39 is 0 Å². The van der Waals surface area contributed by atoms with Gasteiger partial charge in [0, 0.05) is 37.7 Å². The summed E-state index contributed by atoms with van der Waals surface area (Å²) in [6.07, 6.45) is 1.97. The van der Waals surface area contributed by atoms with Crippen molar-refractivity contribution in [3.05, 3.63) is 36.2 Å². The number of nitrogens with zero attached hydrogens (tertiary/aromatic N) is 3. The van der Waals surface area contributed by atoms with Crippen molar-refractivity contribution in [2.75, 3.05) is 32.8 Å². The van der Waals surface area contributed by atoms with Gasteiger partial charge in [-0.05, 0) is 19.8 Å². The first-order valence-corrected chi connectivity index (χ1v) is 8.86. The summed E-state index contributed by atoms with van der Waals surface area (Å²) in [7, 11) is 0. The van der Waals surface area contributed by atoms with Crippen LogP contribution in [0.3, 0.4) is 0 Å². The predicted octanol–water partition coefficient (Wildman–Crippen LogP) is 2.40. The van der Waals surface area contributed by atoms with Gasteiger partial charge in [0.1, 0.15) is 5.82 Å². The van der Waals surface area contributed by atoms with Crippen molar-refractivity contribution in [1.82, 2.24) is 25.4 Å². The molecule has 2 amide bonds. The number of urea groups is 1. The molecule has 25 heavy (non-hydrogen) atoms. The van der Waals surface area contributed by atoms with Crippen LogP contribution in [0.25, 0.3) is 11.4 Å². The van der Waals surface area contributed by atoms with Crippen LogP contribution in [0.4, 0.5) is 4.79 Å². The monoisotopic (exact) mass is 343 g/mol. The Kier molecular flexibility index (Phi) is 6.00. The van der Waals surface area contributed by atoms with E-state index in [2.05, 4.69) is 20.5 Å². The molecule has 1 aliphatic heterocycles. The molecule has 2 heterocycles. The molecule has 1 atom stereocenters. The normalized spacial score (nSPS) is 17.5. The first kappa shape index (κ1) is 17.4. The maximum absolute atomic E-state index is 12.3. The summed E-state index contributed by atoms with van der Waals surface area (Å²) in [5.74, 6) is 1.75. The number of rotatable bonds is 6. The third kappa shape index (κ3) is 4.57. The van der Waals surface area contributed by atoms with E-state index in [9.17, 15) is 4.79 Å². The van der Waals surface area contributed by atoms with E-state index in [4.69, 9.17) is 4.74 Å². The van der Waals surface area contributed by atoms with Crippen LogP contribution < -0.4 is 5.32 Å². The molecular formula is C18H25N5O2. The average molecular weight is 343 g/mol. The standard InChI is InChI=1S/C18H25N5O2/c1-2-25-12-10-19-18(24)23-11-6-9-15(13-23)17-20-16(21-22-17)14-7-4-3-5-8-14/h3-5,7-8,15H,2,6,9-13H2,1H3,(H,19,24)(H,20,21,22). The SMILES string of the molecule is CCOCCNC(=O)N1CCCC(c2nc(-c3ccccc3)n[nH]2)C1. The smallest absolute Gasteiger partial charge is 0.317 e. The molecule has 0 saturated carbocycles. The Morgan fingerprint density at radius 2 is 2.24 bits per heavy atom. The van der Waals surface area contributed by atoms with Crippen molar-refractivity contribution in [3.8, 4) is 11.4 Å². The van der Waals surface area contributed by atoms with Crippen LogP contribution in [0.1, 0.15) is 31.5 Å². The molecule has 2 N–H and O–H groups in total. The van der Waals surface area contributed by atoms with Crippen LogP contribution in [0.15, 0.2) is 30.3 Å². The maximum Gasteiger partial charge on any atom is 0.317 e. The fourth-order valence-electron chi connectivity index (χ4n) is 3.04. The molecular weight excluding hydrogens is 318 g/mol. The summed E-state index contributed by atoms with van der Waals surface area (Å²) in [6, 6.07) is 9.87. The van der Waals surface area contributed by atoms with E-state index in [0.29, 0.717) is 32.1 Å². The summed E-state index contributed by atoms with van der Waals surface area (Å²) in [4.78, 5) is 18.8. The number of carbonyl (C=O) groups excluding carboxylic acids is 1. The van der Waals surface area contributed by atoms with Gasteiger partial charge in [-0.1, -0.05) is 30.3 Å². The van der Waals surface area contributed by atoms with Crippen molar-refractivity contribution in [2.24, 2.45) is 0 Å². The number of aromatic nitrogens is 3. The summed E-state index contributed by atoms with van der Waals surface area (Å²) in [6.45, 7) is 5.12. The Labute approximate surface area is 147 Å². The Bertz CT molecular complexity index is 673. The molecule has 0 radical (unpaired) electrons. The lowest BCUT2D eigenvalue weighted by Gasteiger charge is -2.31. The number of ether oxygens (including phenoxy) is 1. The highest BCUT2D eigenvalue weighted by molar-refractivity contribution is 5.74. The van der Waals surface area contributed by atoms with Crippen LogP contribution in [-0.4, -0.2) is 59.0 Å². The molecule has 134 valence electrons. The average Bonchev–Trinajstić information content (AvgIpc) is 3.16. The molecule has 1 aliphatic rings. The third-order valence-electron chi connectivity index (χ3n) is 4.36. The second-order valence-electron chi connectivity index (χ2n) is 6.12. The summed E-state index contributed by atoms with van der Waals surface area (Å²) in [5, 5.41) is 10.3. The van der Waals surface area contributed by atoms with Gasteiger partial charge in [0.15, 0.2) is 5.82 Å². The van der Waals surface area contributed by atoms with Gasteiger partial charge >= 0.3 is 6.03 Å². The molecule has 1 unspecified atom stereocenters. The number of likely N-dealkylation sites (tertiary alicyclic amines) is 1. The Morgan fingerprint density at radius 1 is 1.40 bits per heavy atom. The van der Waals surface area contributed by atoms with E-state index >= 15 is 0 Å². The van der Waals surface area contributed by atoms with Crippen LogP contribution >= 0.6 is 0 Å². The maximum atomic E-state index is 12.3. The Hall–Kier alpha value is -2.41. The van der Waals surface area contributed by atoms with Crippen LogP contribution in [-0.2, 0) is 4.74 Å². The molecule has 1 aromatic carbocycles. The lowest BCUT2D eigenvalue weighted by molar-refractivity contribution is 0.142. The molecule has 1 fully saturated rings. The van der Waals surface area contributed by atoms with Gasteiger partial charge in [0.25, 0.3) is 0 Å². The number of hydrogen-bond donors (Lipinski definition) is 2. The second kappa shape index (κ2) is 8.62. The second-order valence-corrected chi connectivity index (χ2v) is 6.12. The van der Waals surface area contributed by atoms with Gasteiger partial charge in [-0.2, -0.15) is 5.10 Å². The number of piperidine rings is 1. The van der Waals surface area contributed by atoms with Gasteiger partial charge in [-0.3, -0.25) is 5.10 Å². The zero-order valence-electron chi connectivity index (χ0n) is 14.6. The van der Waals surface area contributed by atoms with Gasteiger partial charge in [-0.15, -0.1) is 0 Å². The number of carbonyl (C=O) groups is 1. The number of hydrogen-bond acceptors (Lipinski definition) is 4. The molecule has 3 rings (SSSR count). The number of aromatic amines is 1. The lowest BCUT2D eigenvalue weighted by Crippen LogP contribution is -2.45. The van der Waals surface area contributed by atoms with Crippen molar-refractivity contribution in [2.45, 2.75) is 25.7 Å². The van der Waals surface area contributed by atoms with E-state index in [1.54, 1.807) is 0 Å². The van der Waals surface area contributed by atoms with Crippen molar-refractivity contribution >= 4 is 6.03 Å². The highest BCUT2D eigenvalue weighted by atomic mass is 16.5. The molecule has 7 nitrogen and oxygen atoms in total. The van der Waals surface area contributed by atoms with Crippen molar-refractivity contribution in [3.63, 3.8) is 0 Å². The third-order valence-corrected chi connectivity index (χ3v) is 4.36. The molecule has 0 spiro atoms. The van der Waals surface area contributed by atoms with Crippen molar-refractivity contribution in [1.29, 1.82) is 0 Å². The number of amides is 2. The minimum atomic E-state index is -0.0350. The minimum absolute atomic E-state index is 0.0350. The van der Waals surface area contributed by atoms with Gasteiger partial charge in [-0.25, -0.2) is 9.78 Å². The van der Waals surface area contributed by atoms with E-state index in [1.807, 2.05) is 42.2 Å². The lowest BCUT2D eigenvalue weighted by atomic mass is 9.97. The highest BCUT2D eigenvalue weighted by Crippen LogP contribution is 2.26. The number of H-pyrrole nitrogens is 1. The van der Waals surface area contributed by atoms with Gasteiger partial charge in [0.05, 0.1) is 6.61 Å². The molecule has 0 aliphatic carbocycles. The Morgan fingerprint density at radius 3 is 3.04 bits per heavy atom. The van der Waals surface area contributed by atoms with E-state index in [0.717, 1.165) is 30.8 Å². The number of nitrogens with one attached hydrogen (secondary N) is 2. The molecule has 0 bridgehead atoms. The van der Waals surface area contributed by atoms with Gasteiger partial charge in [0.2, 0.25) is 0 Å². The molecule has 2 aromatic rings. The predicted molar refractivity (Wildman–Crippen MR) is 95.3 cm³/mol. The quantitative estimate of drug-likeness (QED) is 0.789. The fraction of sp³-hybridized carbons (Fsp3) is 0.500. The molecule has 1 aromatic heterocycles. The first-order valence-electron chi connectivity index (χ1n) is 8.86. The summed E-state index contributed by atoms with van der Waals surface area (Å²) in [5.41, 5.74) is 0.992. The fourth-order valence-corrected chi connectivity index (χ4v) is 3.04. The van der Waals surface area contributed by atoms with Crippen LogP contribution in [0, 0.1) is 0 Å². The zero-order valence-corrected chi connectivity index (χ0v) is 14.6. The van der Waals surface area contributed by atoms with Crippen LogP contribution in [0.2, 0.25) is 0 Å². The molecule has 1 saturated heterocycles. The Balaban J connectivity index is 1.58.